The maximum absolute atomic E-state index is 11.6. The highest BCUT2D eigenvalue weighted by atomic mass is 16.3. The lowest BCUT2D eigenvalue weighted by atomic mass is 10.1. The molecule has 2 amide bonds. The summed E-state index contributed by atoms with van der Waals surface area (Å²) in [7, 11) is 0. The minimum atomic E-state index is -0.540. The van der Waals surface area contributed by atoms with E-state index in [1.165, 1.54) is 0 Å². The number of aliphatic hydroxyl groups excluding tert-OH is 1. The molecule has 6 nitrogen and oxygen atoms in total. The van der Waals surface area contributed by atoms with Gasteiger partial charge in [-0.15, -0.1) is 0 Å². The van der Waals surface area contributed by atoms with Gasteiger partial charge in [0.15, 0.2) is 0 Å². The van der Waals surface area contributed by atoms with Crippen molar-refractivity contribution >= 4 is 11.8 Å². The fourth-order valence-corrected chi connectivity index (χ4v) is 1.32. The molecule has 0 aliphatic carbocycles. The van der Waals surface area contributed by atoms with E-state index in [4.69, 9.17) is 0 Å². The number of rotatable bonds is 4. The predicted octanol–water partition coefficient (Wildman–Crippen LogP) is -1.79. The molecule has 0 aromatic rings. The van der Waals surface area contributed by atoms with E-state index in [-0.39, 0.29) is 30.8 Å². The van der Waals surface area contributed by atoms with Crippen LogP contribution in [0.25, 0.3) is 0 Å². The molecule has 0 radical (unpaired) electrons. The Balaban J connectivity index is 2.27. The highest BCUT2D eigenvalue weighted by Crippen LogP contribution is 1.99. The number of carbonyl (C=O) groups is 2. The summed E-state index contributed by atoms with van der Waals surface area (Å²) in [5.74, 6) is -0.190. The zero-order valence-electron chi connectivity index (χ0n) is 9.62. The summed E-state index contributed by atoms with van der Waals surface area (Å²) in [5, 5.41) is 17.6. The smallest absolute Gasteiger partial charge is 0.239 e. The van der Waals surface area contributed by atoms with Crippen LogP contribution in [0.15, 0.2) is 0 Å². The Labute approximate surface area is 94.8 Å². The molecule has 0 aromatic carbocycles. The normalized spacial score (nSPS) is 22.8. The monoisotopic (exact) mass is 229 g/mol. The molecule has 16 heavy (non-hydrogen) atoms. The standard InChI is InChI=1S/C10H19N3O3/c1-6(2)8(14)4-13-10(16)7-3-12-9(15)5-11-7/h6-8,11,14H,3-5H2,1-2H3,(H,12,15)(H,13,16). The van der Waals surface area contributed by atoms with Gasteiger partial charge in [-0.3, -0.25) is 14.9 Å². The van der Waals surface area contributed by atoms with Crippen molar-refractivity contribution in [3.05, 3.63) is 0 Å². The molecule has 1 rings (SSSR count). The first kappa shape index (κ1) is 12.9. The molecule has 0 spiro atoms. The van der Waals surface area contributed by atoms with Crippen molar-refractivity contribution in [1.29, 1.82) is 0 Å². The number of piperazine rings is 1. The minimum Gasteiger partial charge on any atom is -0.391 e. The zero-order valence-corrected chi connectivity index (χ0v) is 9.62. The molecule has 92 valence electrons. The number of nitrogens with one attached hydrogen (secondary N) is 3. The number of hydrogen-bond donors (Lipinski definition) is 4. The van der Waals surface area contributed by atoms with E-state index < -0.39 is 12.1 Å². The summed E-state index contributed by atoms with van der Waals surface area (Å²) in [6.07, 6.45) is -0.540. The Morgan fingerprint density at radius 3 is 2.81 bits per heavy atom. The lowest BCUT2D eigenvalue weighted by Crippen LogP contribution is -2.58. The lowest BCUT2D eigenvalue weighted by Gasteiger charge is -2.24. The van der Waals surface area contributed by atoms with Gasteiger partial charge in [0.1, 0.15) is 6.04 Å². The third-order valence-corrected chi connectivity index (χ3v) is 2.58. The quantitative estimate of drug-likeness (QED) is 0.458. The van der Waals surface area contributed by atoms with Crippen LogP contribution in [-0.4, -0.2) is 48.7 Å². The molecular weight excluding hydrogens is 210 g/mol. The predicted molar refractivity (Wildman–Crippen MR) is 58.7 cm³/mol. The van der Waals surface area contributed by atoms with E-state index in [1.54, 1.807) is 0 Å². The molecule has 1 aliphatic heterocycles. The first-order valence-corrected chi connectivity index (χ1v) is 5.46. The molecule has 2 atom stereocenters. The highest BCUT2D eigenvalue weighted by Gasteiger charge is 2.24. The summed E-state index contributed by atoms with van der Waals surface area (Å²) >= 11 is 0. The maximum Gasteiger partial charge on any atom is 0.239 e. The average molecular weight is 229 g/mol. The van der Waals surface area contributed by atoms with E-state index in [9.17, 15) is 14.7 Å². The van der Waals surface area contributed by atoms with Gasteiger partial charge in [-0.25, -0.2) is 0 Å². The van der Waals surface area contributed by atoms with Gasteiger partial charge in [0.25, 0.3) is 0 Å². The van der Waals surface area contributed by atoms with Crippen molar-refractivity contribution in [3.63, 3.8) is 0 Å². The molecule has 0 saturated carbocycles. The van der Waals surface area contributed by atoms with E-state index in [0.717, 1.165) is 0 Å². The Morgan fingerprint density at radius 2 is 2.31 bits per heavy atom. The molecule has 0 aromatic heterocycles. The Hall–Kier alpha value is -1.14. The number of aliphatic hydroxyl groups is 1. The first-order valence-electron chi connectivity index (χ1n) is 5.46. The molecule has 1 heterocycles. The van der Waals surface area contributed by atoms with Crippen LogP contribution in [0.2, 0.25) is 0 Å². The van der Waals surface area contributed by atoms with Crippen LogP contribution in [0.1, 0.15) is 13.8 Å². The molecule has 2 unspecified atom stereocenters. The lowest BCUT2D eigenvalue weighted by molar-refractivity contribution is -0.127. The Kier molecular flexibility index (Phi) is 4.70. The van der Waals surface area contributed by atoms with Crippen LogP contribution in [0.4, 0.5) is 0 Å². The number of hydrogen-bond acceptors (Lipinski definition) is 4. The van der Waals surface area contributed by atoms with Gasteiger partial charge in [-0.1, -0.05) is 13.8 Å². The molecule has 1 aliphatic rings. The minimum absolute atomic E-state index is 0.105. The molecule has 1 fully saturated rings. The fourth-order valence-electron chi connectivity index (χ4n) is 1.32. The molecular formula is C10H19N3O3. The average Bonchev–Trinajstić information content (AvgIpc) is 2.26. The molecule has 1 saturated heterocycles. The van der Waals surface area contributed by atoms with Crippen LogP contribution in [0.3, 0.4) is 0 Å². The molecule has 0 bridgehead atoms. The highest BCUT2D eigenvalue weighted by molar-refractivity contribution is 5.86. The van der Waals surface area contributed by atoms with Crippen molar-refractivity contribution < 1.29 is 14.7 Å². The van der Waals surface area contributed by atoms with Crippen LogP contribution < -0.4 is 16.0 Å². The SMILES string of the molecule is CC(C)C(O)CNC(=O)C1CNC(=O)CN1. The van der Waals surface area contributed by atoms with Crippen molar-refractivity contribution in [2.45, 2.75) is 26.0 Å². The number of amides is 2. The Morgan fingerprint density at radius 1 is 1.62 bits per heavy atom. The van der Waals surface area contributed by atoms with Crippen molar-refractivity contribution in [2.75, 3.05) is 19.6 Å². The second-order valence-corrected chi connectivity index (χ2v) is 4.29. The van der Waals surface area contributed by atoms with Crippen molar-refractivity contribution in [3.8, 4) is 0 Å². The van der Waals surface area contributed by atoms with E-state index >= 15 is 0 Å². The van der Waals surface area contributed by atoms with Gasteiger partial charge in [0.05, 0.1) is 12.6 Å². The topological polar surface area (TPSA) is 90.5 Å². The maximum atomic E-state index is 11.6. The summed E-state index contributed by atoms with van der Waals surface area (Å²) < 4.78 is 0. The van der Waals surface area contributed by atoms with Gasteiger partial charge in [-0.05, 0) is 5.92 Å². The largest absolute Gasteiger partial charge is 0.391 e. The Bertz CT molecular complexity index is 258. The van der Waals surface area contributed by atoms with Gasteiger partial charge in [0.2, 0.25) is 11.8 Å². The van der Waals surface area contributed by atoms with Crippen LogP contribution in [0, 0.1) is 5.92 Å². The summed E-state index contributed by atoms with van der Waals surface area (Å²) in [5.41, 5.74) is 0. The number of carbonyl (C=O) groups excluding carboxylic acids is 2. The fraction of sp³-hybridized carbons (Fsp3) is 0.800. The second-order valence-electron chi connectivity index (χ2n) is 4.29. The summed E-state index contributed by atoms with van der Waals surface area (Å²) in [4.78, 5) is 22.4. The van der Waals surface area contributed by atoms with Gasteiger partial charge < -0.3 is 15.7 Å². The van der Waals surface area contributed by atoms with Gasteiger partial charge in [0, 0.05) is 13.1 Å². The van der Waals surface area contributed by atoms with Crippen LogP contribution in [0.5, 0.6) is 0 Å². The third-order valence-electron chi connectivity index (χ3n) is 2.58. The molecule has 4 N–H and O–H groups in total. The zero-order chi connectivity index (χ0) is 12.1. The van der Waals surface area contributed by atoms with Crippen LogP contribution >= 0.6 is 0 Å². The first-order chi connectivity index (χ1) is 7.50. The van der Waals surface area contributed by atoms with Gasteiger partial charge >= 0.3 is 0 Å². The van der Waals surface area contributed by atoms with Gasteiger partial charge in [-0.2, -0.15) is 0 Å². The van der Waals surface area contributed by atoms with Crippen molar-refractivity contribution in [1.82, 2.24) is 16.0 Å². The summed E-state index contributed by atoms with van der Waals surface area (Å²) in [6.45, 7) is 4.46. The van der Waals surface area contributed by atoms with E-state index in [1.807, 2.05) is 13.8 Å². The second kappa shape index (κ2) is 5.81. The summed E-state index contributed by atoms with van der Waals surface area (Å²) in [6, 6.07) is -0.405. The van der Waals surface area contributed by atoms with E-state index in [0.29, 0.717) is 6.54 Å². The van der Waals surface area contributed by atoms with Crippen LogP contribution in [-0.2, 0) is 9.59 Å². The van der Waals surface area contributed by atoms with E-state index in [2.05, 4.69) is 16.0 Å². The molecule has 6 heteroatoms. The van der Waals surface area contributed by atoms with Crippen molar-refractivity contribution in [2.24, 2.45) is 5.92 Å². The third kappa shape index (κ3) is 3.79.